The van der Waals surface area contributed by atoms with E-state index in [0.717, 1.165) is 55.9 Å². The van der Waals surface area contributed by atoms with Gasteiger partial charge in [0, 0.05) is 37.7 Å². The van der Waals surface area contributed by atoms with Gasteiger partial charge in [-0.15, -0.1) is 10.2 Å². The minimum absolute atomic E-state index is 0.0339. The van der Waals surface area contributed by atoms with Crippen molar-refractivity contribution in [2.24, 2.45) is 0 Å². The third kappa shape index (κ3) is 3.67. The van der Waals surface area contributed by atoms with Crippen molar-refractivity contribution in [3.05, 3.63) is 57.7 Å². The highest BCUT2D eigenvalue weighted by Gasteiger charge is 2.33. The molecule has 3 heterocycles. The summed E-state index contributed by atoms with van der Waals surface area (Å²) in [5.41, 5.74) is 0.793. The lowest BCUT2D eigenvalue weighted by molar-refractivity contribution is -0.384. The molecule has 146 valence electrons. The summed E-state index contributed by atoms with van der Waals surface area (Å²) in [5, 5.41) is 19.5. The SMILES string of the molecule is O=C(/C=C/c1ccc([N+](=O)[O-])cc1)N1CCCC1c1nnc2n1CCCCC2. The van der Waals surface area contributed by atoms with Crippen molar-refractivity contribution in [1.82, 2.24) is 19.7 Å². The molecule has 0 saturated carbocycles. The number of aromatic nitrogens is 3. The van der Waals surface area contributed by atoms with E-state index in [1.54, 1.807) is 24.3 Å². The topological polar surface area (TPSA) is 94.2 Å². The van der Waals surface area contributed by atoms with Gasteiger partial charge >= 0.3 is 0 Å². The molecule has 1 aromatic heterocycles. The van der Waals surface area contributed by atoms with Gasteiger partial charge in [-0.25, -0.2) is 0 Å². The molecule has 8 nitrogen and oxygen atoms in total. The third-order valence-electron chi connectivity index (χ3n) is 5.49. The number of hydrogen-bond donors (Lipinski definition) is 0. The molecule has 2 aliphatic heterocycles. The molecule has 1 aromatic carbocycles. The Balaban J connectivity index is 1.49. The van der Waals surface area contributed by atoms with Crippen LogP contribution in [0.2, 0.25) is 0 Å². The second-order valence-electron chi connectivity index (χ2n) is 7.31. The van der Waals surface area contributed by atoms with E-state index >= 15 is 0 Å². The van der Waals surface area contributed by atoms with Crippen LogP contribution < -0.4 is 0 Å². The number of benzene rings is 1. The van der Waals surface area contributed by atoms with Crippen molar-refractivity contribution in [2.45, 2.75) is 51.1 Å². The lowest BCUT2D eigenvalue weighted by Gasteiger charge is -2.23. The molecule has 1 atom stereocenters. The average molecular weight is 381 g/mol. The summed E-state index contributed by atoms with van der Waals surface area (Å²) >= 11 is 0. The van der Waals surface area contributed by atoms with E-state index in [0.29, 0.717) is 6.54 Å². The quantitative estimate of drug-likeness (QED) is 0.460. The Bertz CT molecular complexity index is 903. The number of carbonyl (C=O) groups is 1. The van der Waals surface area contributed by atoms with Crippen LogP contribution in [0.25, 0.3) is 6.08 Å². The summed E-state index contributed by atoms with van der Waals surface area (Å²) in [6, 6.07) is 6.12. The number of fused-ring (bicyclic) bond motifs is 1. The normalized spacial score (nSPS) is 19.6. The number of aryl methyl sites for hydroxylation is 1. The molecule has 1 amide bonds. The summed E-state index contributed by atoms with van der Waals surface area (Å²) in [5.74, 6) is 1.88. The molecule has 1 unspecified atom stereocenters. The molecule has 0 radical (unpaired) electrons. The molecule has 2 aromatic rings. The second-order valence-corrected chi connectivity index (χ2v) is 7.31. The lowest BCUT2D eigenvalue weighted by Crippen LogP contribution is -2.30. The van der Waals surface area contributed by atoms with E-state index in [1.807, 2.05) is 4.90 Å². The van der Waals surface area contributed by atoms with Crippen molar-refractivity contribution < 1.29 is 9.72 Å². The first-order valence-corrected chi connectivity index (χ1v) is 9.78. The van der Waals surface area contributed by atoms with Crippen LogP contribution in [-0.2, 0) is 17.8 Å². The zero-order valence-electron chi connectivity index (χ0n) is 15.7. The molecule has 8 heteroatoms. The Labute approximate surface area is 163 Å². The highest BCUT2D eigenvalue weighted by atomic mass is 16.6. The van der Waals surface area contributed by atoms with Gasteiger partial charge in [-0.2, -0.15) is 0 Å². The summed E-state index contributed by atoms with van der Waals surface area (Å²) in [7, 11) is 0. The summed E-state index contributed by atoms with van der Waals surface area (Å²) in [6.45, 7) is 1.63. The number of likely N-dealkylation sites (tertiary alicyclic amines) is 1. The van der Waals surface area contributed by atoms with E-state index in [2.05, 4.69) is 14.8 Å². The van der Waals surface area contributed by atoms with Gasteiger partial charge in [-0.05, 0) is 49.5 Å². The van der Waals surface area contributed by atoms with Crippen LogP contribution in [-0.4, -0.2) is 37.0 Å². The number of nitrogens with zero attached hydrogens (tertiary/aromatic N) is 5. The number of carbonyl (C=O) groups excluding carboxylic acids is 1. The van der Waals surface area contributed by atoms with Crippen LogP contribution in [0.3, 0.4) is 0 Å². The van der Waals surface area contributed by atoms with Crippen LogP contribution >= 0.6 is 0 Å². The van der Waals surface area contributed by atoms with Gasteiger partial charge in [-0.3, -0.25) is 14.9 Å². The van der Waals surface area contributed by atoms with Gasteiger partial charge in [0.25, 0.3) is 5.69 Å². The number of amides is 1. The highest BCUT2D eigenvalue weighted by molar-refractivity contribution is 5.92. The molecule has 28 heavy (non-hydrogen) atoms. The number of non-ortho nitro benzene ring substituents is 1. The zero-order chi connectivity index (χ0) is 19.5. The molecule has 0 aliphatic carbocycles. The Kier molecular flexibility index (Phi) is 5.18. The fourth-order valence-electron chi connectivity index (χ4n) is 4.02. The fourth-order valence-corrected chi connectivity index (χ4v) is 4.02. The Morgan fingerprint density at radius 2 is 1.93 bits per heavy atom. The van der Waals surface area contributed by atoms with Gasteiger partial charge in [0.05, 0.1) is 11.0 Å². The molecule has 1 saturated heterocycles. The van der Waals surface area contributed by atoms with Gasteiger partial charge in [0.1, 0.15) is 5.82 Å². The van der Waals surface area contributed by atoms with E-state index < -0.39 is 4.92 Å². The number of hydrogen-bond acceptors (Lipinski definition) is 5. The van der Waals surface area contributed by atoms with Crippen molar-refractivity contribution in [3.63, 3.8) is 0 Å². The number of nitro groups is 1. The minimum atomic E-state index is -0.436. The predicted octanol–water partition coefficient (Wildman–Crippen LogP) is 3.29. The smallest absolute Gasteiger partial charge is 0.269 e. The van der Waals surface area contributed by atoms with E-state index in [1.165, 1.54) is 18.6 Å². The van der Waals surface area contributed by atoms with Gasteiger partial charge in [0.15, 0.2) is 5.82 Å². The number of rotatable bonds is 4. The standard InChI is InChI=1S/C20H23N5O3/c26-19(12-9-15-7-10-16(11-8-15)25(27)28)23-14-4-5-17(23)20-22-21-18-6-2-1-3-13-24(18)20/h7-12,17H,1-6,13-14H2/b12-9+. The third-order valence-corrected chi connectivity index (χ3v) is 5.49. The molecule has 2 aliphatic rings. The molecule has 4 rings (SSSR count). The minimum Gasteiger partial charge on any atom is -0.329 e. The van der Waals surface area contributed by atoms with E-state index in [-0.39, 0.29) is 17.6 Å². The number of nitro benzene ring substituents is 1. The summed E-state index contributed by atoms with van der Waals surface area (Å²) in [4.78, 5) is 25.0. The van der Waals surface area contributed by atoms with Gasteiger partial charge in [0.2, 0.25) is 5.91 Å². The van der Waals surface area contributed by atoms with Crippen molar-refractivity contribution in [1.29, 1.82) is 0 Å². The van der Waals surface area contributed by atoms with Crippen LogP contribution in [0.4, 0.5) is 5.69 Å². The van der Waals surface area contributed by atoms with Crippen LogP contribution in [0, 0.1) is 10.1 Å². The lowest BCUT2D eigenvalue weighted by atomic mass is 10.1. The predicted molar refractivity (Wildman–Crippen MR) is 103 cm³/mol. The molecule has 0 spiro atoms. The van der Waals surface area contributed by atoms with Crippen molar-refractivity contribution >= 4 is 17.7 Å². The van der Waals surface area contributed by atoms with E-state index in [4.69, 9.17) is 0 Å². The zero-order valence-corrected chi connectivity index (χ0v) is 15.7. The largest absolute Gasteiger partial charge is 0.329 e. The summed E-state index contributed by atoms with van der Waals surface area (Å²) in [6.07, 6.45) is 9.51. The molecular weight excluding hydrogens is 358 g/mol. The fraction of sp³-hybridized carbons (Fsp3) is 0.450. The van der Waals surface area contributed by atoms with Crippen molar-refractivity contribution in [2.75, 3.05) is 6.54 Å². The molecule has 1 fully saturated rings. The first-order valence-electron chi connectivity index (χ1n) is 9.78. The van der Waals surface area contributed by atoms with E-state index in [9.17, 15) is 14.9 Å². The van der Waals surface area contributed by atoms with Crippen LogP contribution in [0.5, 0.6) is 0 Å². The average Bonchev–Trinajstić information content (AvgIpc) is 3.27. The second kappa shape index (κ2) is 7.92. The Hall–Kier alpha value is -3.03. The first-order chi connectivity index (χ1) is 13.6. The van der Waals surface area contributed by atoms with Crippen molar-refractivity contribution in [3.8, 4) is 0 Å². The van der Waals surface area contributed by atoms with Crippen LogP contribution in [0.1, 0.15) is 55.4 Å². The highest BCUT2D eigenvalue weighted by Crippen LogP contribution is 2.32. The maximum absolute atomic E-state index is 12.8. The summed E-state index contributed by atoms with van der Waals surface area (Å²) < 4.78 is 2.21. The van der Waals surface area contributed by atoms with Gasteiger partial charge < -0.3 is 9.47 Å². The molecule has 0 bridgehead atoms. The molecule has 0 N–H and O–H groups in total. The first kappa shape index (κ1) is 18.3. The van der Waals surface area contributed by atoms with Gasteiger partial charge in [-0.1, -0.05) is 6.42 Å². The van der Waals surface area contributed by atoms with Crippen LogP contribution in [0.15, 0.2) is 30.3 Å². The Morgan fingerprint density at radius 1 is 1.11 bits per heavy atom. The monoisotopic (exact) mass is 381 g/mol. The maximum atomic E-state index is 12.8. The molecular formula is C20H23N5O3. The maximum Gasteiger partial charge on any atom is 0.269 e. The Morgan fingerprint density at radius 3 is 2.71 bits per heavy atom.